The van der Waals surface area contributed by atoms with Crippen molar-refractivity contribution in [1.82, 2.24) is 4.98 Å². The van der Waals surface area contributed by atoms with Gasteiger partial charge in [-0.3, -0.25) is 0 Å². The summed E-state index contributed by atoms with van der Waals surface area (Å²) < 4.78 is 10.1. The predicted molar refractivity (Wildman–Crippen MR) is 69.7 cm³/mol. The minimum Gasteiger partial charge on any atom is -0.478 e. The van der Waals surface area contributed by atoms with E-state index in [0.29, 0.717) is 18.3 Å². The smallest absolute Gasteiger partial charge is 0.328 e. The molecule has 1 rings (SSSR count). The highest BCUT2D eigenvalue weighted by Gasteiger charge is 2.23. The lowest BCUT2D eigenvalue weighted by Crippen LogP contribution is -2.35. The first-order chi connectivity index (χ1) is 8.58. The number of pyridine rings is 1. The van der Waals surface area contributed by atoms with Crippen molar-refractivity contribution in [3.8, 4) is 5.88 Å². The topological polar surface area (TPSA) is 60.5 Å². The summed E-state index contributed by atoms with van der Waals surface area (Å²) in [6.07, 6.45) is 0. The first-order valence-corrected chi connectivity index (χ1v) is 6.02. The van der Waals surface area contributed by atoms with Gasteiger partial charge < -0.3 is 14.8 Å². The number of carbonyl (C=O) groups excluding carboxylic acids is 1. The number of esters is 1. The third-order valence-electron chi connectivity index (χ3n) is 2.44. The molecule has 18 heavy (non-hydrogen) atoms. The van der Waals surface area contributed by atoms with Crippen LogP contribution < -0.4 is 10.1 Å². The van der Waals surface area contributed by atoms with Crippen molar-refractivity contribution in [3.05, 3.63) is 18.2 Å². The van der Waals surface area contributed by atoms with Gasteiger partial charge in [-0.15, -0.1) is 0 Å². The summed E-state index contributed by atoms with van der Waals surface area (Å²) in [7, 11) is 1.38. The summed E-state index contributed by atoms with van der Waals surface area (Å²) in [6, 6.07) is 4.98. The van der Waals surface area contributed by atoms with Gasteiger partial charge in [-0.1, -0.05) is 19.9 Å². The number of anilines is 1. The van der Waals surface area contributed by atoms with Crippen molar-refractivity contribution in [3.63, 3.8) is 0 Å². The van der Waals surface area contributed by atoms with E-state index in [0.717, 1.165) is 0 Å². The number of aromatic nitrogens is 1. The molecule has 100 valence electrons. The maximum Gasteiger partial charge on any atom is 0.328 e. The molecule has 1 aromatic rings. The van der Waals surface area contributed by atoms with E-state index < -0.39 is 6.04 Å². The minimum absolute atomic E-state index is 0.106. The van der Waals surface area contributed by atoms with Crippen LogP contribution in [0.3, 0.4) is 0 Å². The van der Waals surface area contributed by atoms with Crippen LogP contribution >= 0.6 is 0 Å². The van der Waals surface area contributed by atoms with Crippen LogP contribution in [-0.4, -0.2) is 30.7 Å². The van der Waals surface area contributed by atoms with Crippen LogP contribution in [0, 0.1) is 5.92 Å². The van der Waals surface area contributed by atoms with Crippen LogP contribution in [0.5, 0.6) is 5.88 Å². The van der Waals surface area contributed by atoms with Crippen LogP contribution in [0.1, 0.15) is 20.8 Å². The van der Waals surface area contributed by atoms with E-state index in [2.05, 4.69) is 10.3 Å². The average Bonchev–Trinajstić information content (AvgIpc) is 2.35. The predicted octanol–water partition coefficient (Wildman–Crippen LogP) is 2.09. The molecular formula is C13H20N2O3. The highest BCUT2D eigenvalue weighted by Crippen LogP contribution is 2.15. The zero-order valence-corrected chi connectivity index (χ0v) is 11.3. The maximum absolute atomic E-state index is 11.6. The Hall–Kier alpha value is -1.78. The molecule has 1 unspecified atom stereocenters. The molecule has 5 nitrogen and oxygen atoms in total. The number of ether oxygens (including phenoxy) is 2. The Balaban J connectivity index is 2.80. The van der Waals surface area contributed by atoms with E-state index in [1.54, 1.807) is 12.1 Å². The van der Waals surface area contributed by atoms with E-state index >= 15 is 0 Å². The number of rotatable bonds is 6. The zero-order chi connectivity index (χ0) is 13.5. The number of carbonyl (C=O) groups is 1. The molecule has 1 N–H and O–H groups in total. The Kier molecular flexibility index (Phi) is 5.42. The van der Waals surface area contributed by atoms with E-state index in [1.165, 1.54) is 7.11 Å². The molecule has 1 aromatic heterocycles. The fourth-order valence-corrected chi connectivity index (χ4v) is 1.51. The molecular weight excluding hydrogens is 232 g/mol. The van der Waals surface area contributed by atoms with Gasteiger partial charge in [0.1, 0.15) is 11.9 Å². The van der Waals surface area contributed by atoms with E-state index in [4.69, 9.17) is 9.47 Å². The van der Waals surface area contributed by atoms with Crippen molar-refractivity contribution < 1.29 is 14.3 Å². The van der Waals surface area contributed by atoms with Gasteiger partial charge in [0.15, 0.2) is 0 Å². The fraction of sp³-hybridized carbons (Fsp3) is 0.538. The van der Waals surface area contributed by atoms with Crippen LogP contribution in [0.4, 0.5) is 5.82 Å². The Morgan fingerprint density at radius 2 is 2.17 bits per heavy atom. The molecule has 0 aromatic carbocycles. The molecule has 0 amide bonds. The third kappa shape index (κ3) is 3.91. The number of methoxy groups -OCH3 is 1. The Morgan fingerprint density at radius 1 is 1.44 bits per heavy atom. The number of nitrogens with one attached hydrogen (secondary N) is 1. The lowest BCUT2D eigenvalue weighted by atomic mass is 10.0. The van der Waals surface area contributed by atoms with Gasteiger partial charge in [0.2, 0.25) is 5.88 Å². The number of nitrogens with zero attached hydrogens (tertiary/aromatic N) is 1. The van der Waals surface area contributed by atoms with Crippen LogP contribution in [-0.2, 0) is 9.53 Å². The highest BCUT2D eigenvalue weighted by atomic mass is 16.5. The molecule has 5 heteroatoms. The maximum atomic E-state index is 11.6. The second-order valence-corrected chi connectivity index (χ2v) is 4.18. The van der Waals surface area contributed by atoms with Crippen molar-refractivity contribution in [2.75, 3.05) is 19.0 Å². The molecule has 0 saturated heterocycles. The molecule has 0 fully saturated rings. The summed E-state index contributed by atoms with van der Waals surface area (Å²) in [5, 5.41) is 3.06. The minimum atomic E-state index is -0.417. The lowest BCUT2D eigenvalue weighted by Gasteiger charge is -2.20. The summed E-state index contributed by atoms with van der Waals surface area (Å²) in [5.41, 5.74) is 0. The van der Waals surface area contributed by atoms with Gasteiger partial charge >= 0.3 is 5.97 Å². The van der Waals surface area contributed by atoms with E-state index in [9.17, 15) is 4.79 Å². The Bertz CT molecular complexity index is 394. The van der Waals surface area contributed by atoms with Crippen LogP contribution in [0.2, 0.25) is 0 Å². The first-order valence-electron chi connectivity index (χ1n) is 6.02. The molecule has 1 atom stereocenters. The van der Waals surface area contributed by atoms with Crippen molar-refractivity contribution >= 4 is 11.8 Å². The lowest BCUT2D eigenvalue weighted by molar-refractivity contribution is -0.142. The average molecular weight is 252 g/mol. The second kappa shape index (κ2) is 6.83. The van der Waals surface area contributed by atoms with E-state index in [1.807, 2.05) is 26.8 Å². The standard InChI is InChI=1S/C13H20N2O3/c1-5-18-11-8-6-7-10(14-11)15-12(9(2)3)13(16)17-4/h6-9,12H,5H2,1-4H3,(H,14,15). The molecule has 0 radical (unpaired) electrons. The Morgan fingerprint density at radius 3 is 2.72 bits per heavy atom. The third-order valence-corrected chi connectivity index (χ3v) is 2.44. The van der Waals surface area contributed by atoms with Gasteiger partial charge in [-0.2, -0.15) is 4.98 Å². The molecule has 1 heterocycles. The van der Waals surface area contributed by atoms with Crippen LogP contribution in [0.15, 0.2) is 18.2 Å². The molecule has 0 aliphatic carbocycles. The summed E-state index contributed by atoms with van der Waals surface area (Å²) >= 11 is 0. The summed E-state index contributed by atoms with van der Waals surface area (Å²) in [5.74, 6) is 0.948. The van der Waals surface area contributed by atoms with Crippen molar-refractivity contribution in [2.45, 2.75) is 26.8 Å². The Labute approximate surface area is 108 Å². The second-order valence-electron chi connectivity index (χ2n) is 4.18. The first kappa shape index (κ1) is 14.3. The largest absolute Gasteiger partial charge is 0.478 e. The van der Waals surface area contributed by atoms with Gasteiger partial charge in [0.05, 0.1) is 13.7 Å². The fourth-order valence-electron chi connectivity index (χ4n) is 1.51. The van der Waals surface area contributed by atoms with Gasteiger partial charge in [0.25, 0.3) is 0 Å². The molecule has 0 aliphatic heterocycles. The van der Waals surface area contributed by atoms with Crippen LogP contribution in [0.25, 0.3) is 0 Å². The monoisotopic (exact) mass is 252 g/mol. The number of hydrogen-bond donors (Lipinski definition) is 1. The number of hydrogen-bond acceptors (Lipinski definition) is 5. The molecule has 0 saturated carbocycles. The highest BCUT2D eigenvalue weighted by molar-refractivity contribution is 5.79. The van der Waals surface area contributed by atoms with Gasteiger partial charge in [-0.05, 0) is 18.9 Å². The quantitative estimate of drug-likeness (QED) is 0.785. The molecule has 0 aliphatic rings. The zero-order valence-electron chi connectivity index (χ0n) is 11.3. The summed E-state index contributed by atoms with van der Waals surface area (Å²) in [6.45, 7) is 6.34. The van der Waals surface area contributed by atoms with Crippen molar-refractivity contribution in [1.29, 1.82) is 0 Å². The molecule has 0 bridgehead atoms. The van der Waals surface area contributed by atoms with E-state index in [-0.39, 0.29) is 11.9 Å². The van der Waals surface area contributed by atoms with Gasteiger partial charge in [0, 0.05) is 6.07 Å². The summed E-state index contributed by atoms with van der Waals surface area (Å²) in [4.78, 5) is 15.9. The normalized spacial score (nSPS) is 12.1. The SMILES string of the molecule is CCOc1cccc(NC(C(=O)OC)C(C)C)n1. The van der Waals surface area contributed by atoms with Gasteiger partial charge in [-0.25, -0.2) is 4.79 Å². The molecule has 0 spiro atoms. The van der Waals surface area contributed by atoms with Crippen molar-refractivity contribution in [2.24, 2.45) is 5.92 Å².